The summed E-state index contributed by atoms with van der Waals surface area (Å²) in [5, 5.41) is 16.6. The van der Waals surface area contributed by atoms with Crippen molar-refractivity contribution in [2.45, 2.75) is 66.8 Å². The lowest BCUT2D eigenvalue weighted by Crippen LogP contribution is -2.21. The second kappa shape index (κ2) is 65.0. The molecule has 0 saturated carbocycles. The number of benzene rings is 9. The maximum atomic E-state index is 11.4. The number of hydrogen-bond donors (Lipinski definition) is 4. The highest BCUT2D eigenvalue weighted by Crippen LogP contribution is 2.19. The first-order valence-corrected chi connectivity index (χ1v) is 39.9. The van der Waals surface area contributed by atoms with Gasteiger partial charge < -0.3 is 31.3 Å². The molecule has 25 nitrogen and oxygen atoms in total. The number of carbonyl (C=O) groups excluding carboxylic acids is 9. The van der Waals surface area contributed by atoms with Gasteiger partial charge in [-0.3, -0.25) is 38.4 Å². The van der Waals surface area contributed by atoms with Gasteiger partial charge in [0.1, 0.15) is 0 Å². The molecule has 0 saturated heterocycles. The Kier molecular flexibility index (Phi) is 57.5. The van der Waals surface area contributed by atoms with Gasteiger partial charge in [0.25, 0.3) is 17.7 Å². The first kappa shape index (κ1) is 107. The topological polar surface area (TPSA) is 352 Å². The van der Waals surface area contributed by atoms with Gasteiger partial charge in [0, 0.05) is 178 Å². The van der Waals surface area contributed by atoms with Gasteiger partial charge >= 0.3 is 5.97 Å². The number of ether oxygens (including phenoxy) is 1. The van der Waals surface area contributed by atoms with Crippen LogP contribution in [0, 0.1) is 0 Å². The van der Waals surface area contributed by atoms with Crippen molar-refractivity contribution in [3.8, 4) is 0 Å². The lowest BCUT2D eigenvalue weighted by molar-refractivity contribution is -0.114. The quantitative estimate of drug-likeness (QED) is 0.0179. The number of isothiocyanates is 3. The number of nitrogens with two attached hydrogens (primary N) is 1. The Morgan fingerprint density at radius 3 is 1.10 bits per heavy atom. The predicted molar refractivity (Wildman–Crippen MR) is 506 cm³/mol. The molecule has 0 aliphatic rings. The Labute approximate surface area is 760 Å². The number of aliphatic imine (C=N–C) groups is 3. The summed E-state index contributed by atoms with van der Waals surface area (Å²) in [4.78, 5) is 113. The zero-order chi connectivity index (χ0) is 90.3. The van der Waals surface area contributed by atoms with Gasteiger partial charge in [0.05, 0.1) is 89.3 Å². The maximum absolute atomic E-state index is 11.4. The number of methoxy groups -OCH3 is 1. The molecule has 0 spiro atoms. The van der Waals surface area contributed by atoms with Crippen LogP contribution >= 0.6 is 48.0 Å². The summed E-state index contributed by atoms with van der Waals surface area (Å²) >= 11 is 46.4. The summed E-state index contributed by atoms with van der Waals surface area (Å²) < 4.78 is 29.5. The van der Waals surface area contributed by atoms with Crippen LogP contribution < -0.4 is 21.7 Å². The van der Waals surface area contributed by atoms with E-state index in [9.17, 15) is 43.2 Å². The number of primary amides is 1. The Bertz CT molecular complexity index is 5030. The second-order valence-electron chi connectivity index (χ2n) is 23.6. The fourth-order valence-corrected chi connectivity index (χ4v) is 10.4. The van der Waals surface area contributed by atoms with Gasteiger partial charge in [0.2, 0.25) is 11.8 Å². The van der Waals surface area contributed by atoms with Gasteiger partial charge in [-0.1, -0.05) is 79.7 Å². The number of amides is 5. The van der Waals surface area contributed by atoms with Crippen LogP contribution in [0.15, 0.2) is 281 Å². The highest BCUT2D eigenvalue weighted by Gasteiger charge is 2.09. The Morgan fingerprint density at radius 2 is 0.769 bits per heavy atom. The number of esters is 1. The Balaban J connectivity index is 0.000000674. The average Bonchev–Trinajstić information content (AvgIpc) is 1.35. The summed E-state index contributed by atoms with van der Waals surface area (Å²) in [6.45, 7) is 9.11. The van der Waals surface area contributed by atoms with E-state index in [0.29, 0.717) is 89.6 Å². The SMILES string of the molecule is CC(=O)Nc1ccc(N=S)cc1.CC(=O)c1ccc(CN=S)cc1.CC(=O)c1cccc(CN=C=S)c1.CCC(=O)c1ccc(N=S)cc1.CN(C)C(=O)c1ccc(N=S)cc1.CNC(=O)c1ccc(CN=C=S)cc1.CNC(=O)c1ccc(N=S)cc1.COC(=O)c1ccc(CN=C=S)cc1.NC(=O)c1ccc(N=S)cc1.S=NCc1cccs1. The lowest BCUT2D eigenvalue weighted by Gasteiger charge is -2.09. The van der Waals surface area contributed by atoms with Crippen LogP contribution in [-0.4, -0.2) is 109 Å². The molecule has 624 valence electrons. The molecule has 0 aliphatic carbocycles. The molecule has 0 radical (unpaired) electrons. The number of thiocarbonyl (C=S) groups is 3. The molecule has 1 aromatic heterocycles. The van der Waals surface area contributed by atoms with Crippen molar-refractivity contribution in [2.75, 3.05) is 40.6 Å². The van der Waals surface area contributed by atoms with Crippen molar-refractivity contribution >= 4 is 237 Å². The standard InChI is InChI=1S/C10H10N2OS.C10H9NO2S.C10H9NOS.C9H10N2OS.2C9H9NOS.2C8H8N2OS.C7H6N2OS.C5H5NS2/c1-11-10(13)9-4-2-8(3-5-9)6-12-7-14;1-13-10(12)9-4-2-8(3-5-9)6-11-7-14;1-8(12)10-4-2-3-9(5-10)6-11-7-13;1-11(2)9(12)7-3-5-8(10-13)6-4-7;1-7(11)9-4-2-8(3-5-9)6-10-12;1-2-9(11)7-3-5-8(10-12)6-4-7;1-9-8(11)6-2-4-7(10-12)5-3-6;1-6(11)9-7-2-4-8(10-12)5-3-7;8-7(10)5-1-3-6(9-11)4-2-5;7-6-4-5-2-1-3-8-5/h2-5H,6H2,1H3,(H,11,13);2-5H,6H2,1H3;2-5H,6H2,1H3;3-6H,1-2H3;2-5H,6H2,1H3;3-6H,2H2,1H3;2*2-5H,1H3,(H,9,11);1-4H,(H2,8,10);1-3H,4H2. The zero-order valence-electron chi connectivity index (χ0n) is 66.8. The number of rotatable bonds is 25. The molecule has 121 heavy (non-hydrogen) atoms. The van der Waals surface area contributed by atoms with Crippen molar-refractivity contribution in [1.29, 1.82) is 0 Å². The minimum absolute atomic E-state index is 0.0177. The normalized spacial score (nSPS) is 9.13. The number of anilines is 1. The number of carbonyl (C=O) groups is 9. The predicted octanol–water partition coefficient (Wildman–Crippen LogP) is 19.3. The Hall–Kier alpha value is -12.0. The minimum atomic E-state index is -0.444. The van der Waals surface area contributed by atoms with Crippen molar-refractivity contribution in [3.63, 3.8) is 0 Å². The van der Waals surface area contributed by atoms with Crippen LogP contribution in [-0.2, 0) is 129 Å². The third-order valence-electron chi connectivity index (χ3n) is 14.8. The van der Waals surface area contributed by atoms with Gasteiger partial charge in [-0.25, -0.2) is 28.5 Å². The van der Waals surface area contributed by atoms with E-state index >= 15 is 0 Å². The summed E-state index contributed by atoms with van der Waals surface area (Å²) in [5.74, 6) is -0.790. The van der Waals surface area contributed by atoms with E-state index < -0.39 is 5.91 Å². The maximum Gasteiger partial charge on any atom is 0.337 e. The number of nitrogens with zero attached hydrogens (tertiary/aromatic N) is 11. The van der Waals surface area contributed by atoms with Gasteiger partial charge in [0.15, 0.2) is 17.3 Å². The van der Waals surface area contributed by atoms with Gasteiger partial charge in [-0.2, -0.15) is 21.8 Å². The van der Waals surface area contributed by atoms with Gasteiger partial charge in [-0.05, 0) is 236 Å². The third-order valence-corrected chi connectivity index (χ3v) is 17.4. The largest absolute Gasteiger partial charge is 0.465 e. The molecule has 0 fully saturated rings. The molecule has 0 atom stereocenters. The van der Waals surface area contributed by atoms with E-state index in [1.807, 2.05) is 79.0 Å². The van der Waals surface area contributed by atoms with Crippen molar-refractivity contribution in [1.82, 2.24) is 15.5 Å². The summed E-state index contributed by atoms with van der Waals surface area (Å²) in [5.41, 5.74) is 18.3. The zero-order valence-corrected chi connectivity index (χ0v) is 75.8. The molecular weight excluding hydrogens is 1740 g/mol. The first-order valence-electron chi connectivity index (χ1n) is 35.2. The fraction of sp³-hybridized carbons (Fsp3) is 0.176. The van der Waals surface area contributed by atoms with Gasteiger partial charge in [-0.15, -0.1) is 11.3 Å². The Morgan fingerprint density at radius 1 is 0.413 bits per heavy atom. The van der Waals surface area contributed by atoms with Crippen molar-refractivity contribution in [3.05, 3.63) is 308 Å². The number of Topliss-reactive ketones (excluding diaryl/α,β-unsaturated/α-hetero) is 3. The van der Waals surface area contributed by atoms with E-state index in [1.165, 1.54) is 23.8 Å². The summed E-state index contributed by atoms with van der Waals surface area (Å²) in [6.07, 6.45) is 0.532. The molecule has 5 N–H and O–H groups in total. The van der Waals surface area contributed by atoms with Crippen LogP contribution in [0.25, 0.3) is 0 Å². The monoisotopic (exact) mass is 1830 g/mol. The summed E-state index contributed by atoms with van der Waals surface area (Å²) in [6, 6.07) is 67.0. The van der Waals surface area contributed by atoms with Crippen LogP contribution in [0.3, 0.4) is 0 Å². The molecule has 5 amide bonds. The number of thiophene rings is 1. The summed E-state index contributed by atoms with van der Waals surface area (Å²) in [7, 11) is 7.98. The number of ketones is 3. The van der Waals surface area contributed by atoms with Crippen LogP contribution in [0.4, 0.5) is 34.1 Å². The molecule has 0 unspecified atom stereocenters. The molecule has 10 rings (SSSR count). The van der Waals surface area contributed by atoms with Crippen molar-refractivity contribution < 1.29 is 47.9 Å². The number of hydrogen-bond acceptors (Lipinski definition) is 31. The van der Waals surface area contributed by atoms with E-state index in [-0.39, 0.29) is 46.9 Å². The first-order chi connectivity index (χ1) is 58.1. The highest BCUT2D eigenvalue weighted by atomic mass is 32.1. The molecular formula is C85H83N15O10S11. The molecule has 36 heteroatoms. The molecule has 10 aromatic rings. The molecule has 1 heterocycles. The van der Waals surface area contributed by atoms with Crippen LogP contribution in [0.1, 0.15) is 144 Å². The van der Waals surface area contributed by atoms with E-state index in [1.54, 1.807) is 217 Å². The van der Waals surface area contributed by atoms with Crippen molar-refractivity contribution in [2.24, 2.45) is 51.2 Å². The molecule has 0 bridgehead atoms. The van der Waals surface area contributed by atoms with Crippen LogP contribution in [0.5, 0.6) is 0 Å². The second-order valence-corrected chi connectivity index (χ2v) is 26.7. The highest BCUT2D eigenvalue weighted by molar-refractivity contribution is 7.78. The molecule has 9 aromatic carbocycles. The van der Waals surface area contributed by atoms with Crippen LogP contribution in [0.2, 0.25) is 0 Å². The lowest BCUT2D eigenvalue weighted by atomic mass is 10.1. The third kappa shape index (κ3) is 46.9. The van der Waals surface area contributed by atoms with E-state index in [2.05, 4.69) is 205 Å². The fourth-order valence-electron chi connectivity index (χ4n) is 8.56. The number of nitrogens with one attached hydrogen (secondary N) is 3. The van der Waals surface area contributed by atoms with E-state index in [4.69, 9.17) is 5.73 Å². The minimum Gasteiger partial charge on any atom is -0.465 e. The smallest absolute Gasteiger partial charge is 0.337 e. The average molecular weight is 1830 g/mol. The molecule has 0 aliphatic heterocycles. The van der Waals surface area contributed by atoms with E-state index in [0.717, 1.165) is 50.4 Å².